The van der Waals surface area contributed by atoms with Crippen molar-refractivity contribution in [1.29, 1.82) is 0 Å². The number of nitrogens with two attached hydrogens (primary N) is 1. The van der Waals surface area contributed by atoms with E-state index < -0.39 is 0 Å². The van der Waals surface area contributed by atoms with Crippen LogP contribution >= 0.6 is 11.8 Å². The number of hydrogen-bond acceptors (Lipinski definition) is 5. The second-order valence-corrected chi connectivity index (χ2v) is 4.37. The molecule has 78 valence electrons. The first-order valence-electron chi connectivity index (χ1n) is 4.72. The topological polar surface area (TPSA) is 61.3 Å². The molecule has 0 aliphatic carbocycles. The van der Waals surface area contributed by atoms with Gasteiger partial charge in [-0.1, -0.05) is 11.8 Å². The minimum Gasteiger partial charge on any atom is -0.440 e. The van der Waals surface area contributed by atoms with Crippen LogP contribution in [0.4, 0.5) is 0 Å². The highest BCUT2D eigenvalue weighted by Gasteiger charge is 2.23. The molecule has 1 aromatic heterocycles. The Morgan fingerprint density at radius 1 is 1.71 bits per heavy atom. The smallest absolute Gasteiger partial charge is 0.255 e. The molecule has 0 bridgehead atoms. The Balaban J connectivity index is 1.74. The van der Waals surface area contributed by atoms with Crippen LogP contribution in [0.15, 0.2) is 22.1 Å². The molecule has 14 heavy (non-hydrogen) atoms. The van der Waals surface area contributed by atoms with Gasteiger partial charge in [0.05, 0.1) is 12.8 Å². The van der Waals surface area contributed by atoms with E-state index in [1.165, 1.54) is 0 Å². The molecule has 4 nitrogen and oxygen atoms in total. The Labute approximate surface area is 87.2 Å². The van der Waals surface area contributed by atoms with Crippen molar-refractivity contribution in [3.05, 3.63) is 12.5 Å². The summed E-state index contributed by atoms with van der Waals surface area (Å²) in [4.78, 5) is 4.02. The van der Waals surface area contributed by atoms with E-state index in [0.29, 0.717) is 11.1 Å². The van der Waals surface area contributed by atoms with Crippen molar-refractivity contribution in [2.24, 2.45) is 11.7 Å². The summed E-state index contributed by atoms with van der Waals surface area (Å²) >= 11 is 1.56. The monoisotopic (exact) mass is 214 g/mol. The first-order valence-corrected chi connectivity index (χ1v) is 5.70. The molecule has 0 radical (unpaired) electrons. The third-order valence-electron chi connectivity index (χ3n) is 2.38. The van der Waals surface area contributed by atoms with Crippen LogP contribution in [0.3, 0.4) is 0 Å². The molecule has 2 N–H and O–H groups in total. The van der Waals surface area contributed by atoms with Gasteiger partial charge in [0.25, 0.3) is 5.22 Å². The molecular formula is C9H14N2O2S. The third kappa shape index (κ3) is 2.50. The van der Waals surface area contributed by atoms with Crippen LogP contribution in [-0.2, 0) is 4.74 Å². The van der Waals surface area contributed by atoms with Gasteiger partial charge >= 0.3 is 0 Å². The molecular weight excluding hydrogens is 200 g/mol. The molecule has 5 heteroatoms. The van der Waals surface area contributed by atoms with E-state index in [1.54, 1.807) is 24.2 Å². The fourth-order valence-electron chi connectivity index (χ4n) is 1.48. The quantitative estimate of drug-likeness (QED) is 0.761. The zero-order valence-corrected chi connectivity index (χ0v) is 8.70. The van der Waals surface area contributed by atoms with E-state index in [-0.39, 0.29) is 6.04 Å². The number of rotatable bonds is 4. The number of hydrogen-bond donors (Lipinski definition) is 1. The van der Waals surface area contributed by atoms with Gasteiger partial charge in [-0.3, -0.25) is 0 Å². The molecule has 0 saturated carbocycles. The average molecular weight is 214 g/mol. The molecule has 2 atom stereocenters. The lowest BCUT2D eigenvalue weighted by atomic mass is 10.0. The lowest BCUT2D eigenvalue weighted by molar-refractivity contribution is 0.182. The zero-order valence-electron chi connectivity index (χ0n) is 7.89. The first-order chi connectivity index (χ1) is 6.86. The summed E-state index contributed by atoms with van der Waals surface area (Å²) in [6.07, 6.45) is 4.30. The van der Waals surface area contributed by atoms with Crippen molar-refractivity contribution in [3.63, 3.8) is 0 Å². The molecule has 2 rings (SSSR count). The number of ether oxygens (including phenoxy) is 1. The van der Waals surface area contributed by atoms with E-state index in [9.17, 15) is 0 Å². The summed E-state index contributed by atoms with van der Waals surface area (Å²) in [6, 6.07) is 0.175. The minimum atomic E-state index is 0.175. The van der Waals surface area contributed by atoms with E-state index in [2.05, 4.69) is 4.98 Å². The van der Waals surface area contributed by atoms with Crippen molar-refractivity contribution in [3.8, 4) is 0 Å². The Bertz CT molecular complexity index is 260. The van der Waals surface area contributed by atoms with Crippen molar-refractivity contribution >= 4 is 11.8 Å². The van der Waals surface area contributed by atoms with Gasteiger partial charge in [-0.25, -0.2) is 4.98 Å². The Kier molecular flexibility index (Phi) is 3.44. The van der Waals surface area contributed by atoms with Crippen molar-refractivity contribution in [1.82, 2.24) is 4.98 Å². The van der Waals surface area contributed by atoms with E-state index in [4.69, 9.17) is 14.9 Å². The predicted molar refractivity (Wildman–Crippen MR) is 54.1 cm³/mol. The van der Waals surface area contributed by atoms with Gasteiger partial charge in [0.1, 0.15) is 6.26 Å². The van der Waals surface area contributed by atoms with Crippen LogP contribution in [-0.4, -0.2) is 30.0 Å². The Morgan fingerprint density at radius 3 is 3.29 bits per heavy atom. The van der Waals surface area contributed by atoms with E-state index in [1.807, 2.05) is 0 Å². The second-order valence-electron chi connectivity index (χ2n) is 3.40. The maximum atomic E-state index is 6.03. The lowest BCUT2D eigenvalue weighted by Gasteiger charge is -2.15. The summed E-state index contributed by atoms with van der Waals surface area (Å²) in [5.41, 5.74) is 6.03. The minimum absolute atomic E-state index is 0.175. The van der Waals surface area contributed by atoms with Crippen LogP contribution in [0, 0.1) is 5.92 Å². The molecule has 2 unspecified atom stereocenters. The van der Waals surface area contributed by atoms with Crippen LogP contribution in [0.5, 0.6) is 0 Å². The number of aromatic nitrogens is 1. The summed E-state index contributed by atoms with van der Waals surface area (Å²) in [5, 5.41) is 0.694. The van der Waals surface area contributed by atoms with Crippen LogP contribution < -0.4 is 5.73 Å². The predicted octanol–water partition coefficient (Wildman–Crippen LogP) is 1.13. The molecule has 1 saturated heterocycles. The SMILES string of the molecule is NC(CSc1ncco1)C1CCOC1. The molecule has 1 aromatic rings. The normalized spacial score (nSPS) is 23.9. The second kappa shape index (κ2) is 4.82. The molecule has 1 aliphatic rings. The average Bonchev–Trinajstić information content (AvgIpc) is 2.87. The van der Waals surface area contributed by atoms with Crippen molar-refractivity contribution < 1.29 is 9.15 Å². The standard InChI is InChI=1S/C9H14N2O2S/c10-8(7-1-3-12-5-7)6-14-9-11-2-4-13-9/h2,4,7-8H,1,3,5-6,10H2. The number of thioether (sulfide) groups is 1. The highest BCUT2D eigenvalue weighted by atomic mass is 32.2. The van der Waals surface area contributed by atoms with Crippen molar-refractivity contribution in [2.45, 2.75) is 17.7 Å². The van der Waals surface area contributed by atoms with Gasteiger partial charge in [-0.15, -0.1) is 0 Å². The maximum absolute atomic E-state index is 6.03. The van der Waals surface area contributed by atoms with E-state index in [0.717, 1.165) is 25.4 Å². The number of nitrogens with zero attached hydrogens (tertiary/aromatic N) is 1. The fraction of sp³-hybridized carbons (Fsp3) is 0.667. The van der Waals surface area contributed by atoms with Crippen molar-refractivity contribution in [2.75, 3.05) is 19.0 Å². The Morgan fingerprint density at radius 2 is 2.64 bits per heavy atom. The molecule has 0 amide bonds. The van der Waals surface area contributed by atoms with Crippen LogP contribution in [0.1, 0.15) is 6.42 Å². The van der Waals surface area contributed by atoms with Gasteiger partial charge in [0.15, 0.2) is 0 Å². The molecule has 0 spiro atoms. The van der Waals surface area contributed by atoms with E-state index >= 15 is 0 Å². The lowest BCUT2D eigenvalue weighted by Crippen LogP contribution is -2.32. The maximum Gasteiger partial charge on any atom is 0.255 e. The zero-order chi connectivity index (χ0) is 9.80. The van der Waals surface area contributed by atoms with Gasteiger partial charge in [0.2, 0.25) is 0 Å². The highest BCUT2D eigenvalue weighted by molar-refractivity contribution is 7.99. The molecule has 2 heterocycles. The summed E-state index contributed by atoms with van der Waals surface area (Å²) < 4.78 is 10.4. The Hall–Kier alpha value is -0.520. The van der Waals surface area contributed by atoms with Gasteiger partial charge < -0.3 is 14.9 Å². The number of oxazole rings is 1. The summed E-state index contributed by atoms with van der Waals surface area (Å²) in [5.74, 6) is 1.34. The summed E-state index contributed by atoms with van der Waals surface area (Å²) in [7, 11) is 0. The molecule has 1 fully saturated rings. The van der Waals surface area contributed by atoms with Crippen LogP contribution in [0.25, 0.3) is 0 Å². The van der Waals surface area contributed by atoms with Crippen LogP contribution in [0.2, 0.25) is 0 Å². The summed E-state index contributed by atoms with van der Waals surface area (Å²) in [6.45, 7) is 1.65. The third-order valence-corrected chi connectivity index (χ3v) is 3.38. The highest BCUT2D eigenvalue weighted by Crippen LogP contribution is 2.21. The van der Waals surface area contributed by atoms with Gasteiger partial charge in [0, 0.05) is 24.3 Å². The largest absolute Gasteiger partial charge is 0.440 e. The molecule has 0 aromatic carbocycles. The molecule has 1 aliphatic heterocycles. The fourth-order valence-corrected chi connectivity index (χ4v) is 2.34. The van der Waals surface area contributed by atoms with Gasteiger partial charge in [-0.2, -0.15) is 0 Å². The first kappa shape index (κ1) is 10.0. The van der Waals surface area contributed by atoms with Gasteiger partial charge in [-0.05, 0) is 6.42 Å².